The number of rotatable bonds is 8. The van der Waals surface area contributed by atoms with Crippen molar-refractivity contribution in [2.75, 3.05) is 14.2 Å². The van der Waals surface area contributed by atoms with Crippen LogP contribution in [0.15, 0.2) is 47.3 Å². The molecule has 152 valence electrons. The van der Waals surface area contributed by atoms with Crippen LogP contribution in [-0.2, 0) is 25.7 Å². The standard InChI is InChI=1S/C22H24N2O5/c1-28-20-11-14(5-9-18(20)25)3-7-16-13-17(24-22(27)23-16)8-4-15-6-10-19(26)21(12-15)29-2/h5-6,9-13,25-26H,3-4,7-8H2,1-2H3,(H,23,24,27). The van der Waals surface area contributed by atoms with Gasteiger partial charge in [0, 0.05) is 11.4 Å². The molecular formula is C22H24N2O5. The van der Waals surface area contributed by atoms with Crippen molar-refractivity contribution in [3.63, 3.8) is 0 Å². The third kappa shape index (κ3) is 5.28. The SMILES string of the molecule is COc1cc(CCc2cc(CCc3ccc(O)c(OC)c3)[nH]c(=O)n2)ccc1O. The molecule has 0 aliphatic heterocycles. The molecule has 0 radical (unpaired) electrons. The molecule has 3 aromatic rings. The zero-order valence-electron chi connectivity index (χ0n) is 16.4. The summed E-state index contributed by atoms with van der Waals surface area (Å²) in [5, 5.41) is 19.4. The van der Waals surface area contributed by atoms with E-state index in [1.54, 1.807) is 24.3 Å². The number of methoxy groups -OCH3 is 2. The summed E-state index contributed by atoms with van der Waals surface area (Å²) >= 11 is 0. The van der Waals surface area contributed by atoms with Crippen molar-refractivity contribution in [1.29, 1.82) is 0 Å². The highest BCUT2D eigenvalue weighted by atomic mass is 16.5. The number of phenolic OH excluding ortho intramolecular Hbond substituents is 2. The first-order chi connectivity index (χ1) is 14.0. The van der Waals surface area contributed by atoms with Gasteiger partial charge < -0.3 is 24.7 Å². The number of aromatic amines is 1. The van der Waals surface area contributed by atoms with Crippen LogP contribution in [0, 0.1) is 0 Å². The highest BCUT2D eigenvalue weighted by Crippen LogP contribution is 2.27. The van der Waals surface area contributed by atoms with Gasteiger partial charge in [-0.25, -0.2) is 4.79 Å². The van der Waals surface area contributed by atoms with Gasteiger partial charge in [0.25, 0.3) is 0 Å². The van der Waals surface area contributed by atoms with Crippen molar-refractivity contribution in [3.8, 4) is 23.0 Å². The summed E-state index contributed by atoms with van der Waals surface area (Å²) < 4.78 is 10.3. The lowest BCUT2D eigenvalue weighted by atomic mass is 10.0. The number of aromatic hydroxyl groups is 2. The quantitative estimate of drug-likeness (QED) is 0.541. The number of hydrogen-bond donors (Lipinski definition) is 3. The van der Waals surface area contributed by atoms with Crippen LogP contribution in [-0.4, -0.2) is 34.4 Å². The van der Waals surface area contributed by atoms with Gasteiger partial charge in [0.2, 0.25) is 0 Å². The molecule has 29 heavy (non-hydrogen) atoms. The van der Waals surface area contributed by atoms with Gasteiger partial charge in [0.05, 0.1) is 14.2 Å². The largest absolute Gasteiger partial charge is 0.504 e. The summed E-state index contributed by atoms with van der Waals surface area (Å²) in [4.78, 5) is 18.8. The van der Waals surface area contributed by atoms with Crippen LogP contribution in [0.3, 0.4) is 0 Å². The third-order valence-electron chi connectivity index (χ3n) is 4.69. The molecule has 0 aliphatic carbocycles. The Bertz CT molecular complexity index is 967. The number of nitrogens with one attached hydrogen (secondary N) is 1. The number of ether oxygens (including phenoxy) is 2. The monoisotopic (exact) mass is 396 g/mol. The Hall–Kier alpha value is -3.48. The van der Waals surface area contributed by atoms with Crippen molar-refractivity contribution < 1.29 is 19.7 Å². The topological polar surface area (TPSA) is 105 Å². The molecule has 0 saturated heterocycles. The summed E-state index contributed by atoms with van der Waals surface area (Å²) in [5.41, 5.74) is 3.12. The minimum Gasteiger partial charge on any atom is -0.504 e. The lowest BCUT2D eigenvalue weighted by Gasteiger charge is -2.08. The Kier molecular flexibility index (Phi) is 6.39. The molecule has 1 aromatic heterocycles. The van der Waals surface area contributed by atoms with Gasteiger partial charge in [-0.05, 0) is 67.1 Å². The first-order valence-electron chi connectivity index (χ1n) is 9.29. The lowest BCUT2D eigenvalue weighted by Crippen LogP contribution is -2.16. The van der Waals surface area contributed by atoms with Gasteiger partial charge in [0.15, 0.2) is 23.0 Å². The van der Waals surface area contributed by atoms with E-state index in [9.17, 15) is 15.0 Å². The number of aryl methyl sites for hydroxylation is 4. The molecule has 0 amide bonds. The molecule has 0 unspecified atom stereocenters. The van der Waals surface area contributed by atoms with Crippen LogP contribution in [0.5, 0.6) is 23.0 Å². The lowest BCUT2D eigenvalue weighted by molar-refractivity contribution is 0.373. The fourth-order valence-electron chi connectivity index (χ4n) is 3.13. The van der Waals surface area contributed by atoms with Gasteiger partial charge >= 0.3 is 5.69 Å². The van der Waals surface area contributed by atoms with E-state index in [1.165, 1.54) is 14.2 Å². The van der Waals surface area contributed by atoms with Crippen molar-refractivity contribution in [2.45, 2.75) is 25.7 Å². The smallest absolute Gasteiger partial charge is 0.345 e. The number of H-pyrrole nitrogens is 1. The molecule has 3 rings (SSSR count). The molecule has 0 spiro atoms. The van der Waals surface area contributed by atoms with E-state index >= 15 is 0 Å². The Morgan fingerprint density at radius 2 is 1.38 bits per heavy atom. The molecule has 0 saturated carbocycles. The second-order valence-corrected chi connectivity index (χ2v) is 6.72. The molecule has 3 N–H and O–H groups in total. The van der Waals surface area contributed by atoms with Gasteiger partial charge in [-0.3, -0.25) is 0 Å². The predicted octanol–water partition coefficient (Wildman–Crippen LogP) is 2.77. The van der Waals surface area contributed by atoms with E-state index in [0.29, 0.717) is 42.9 Å². The van der Waals surface area contributed by atoms with Gasteiger partial charge in [-0.15, -0.1) is 0 Å². The van der Waals surface area contributed by atoms with Gasteiger partial charge in [-0.2, -0.15) is 4.98 Å². The van der Waals surface area contributed by atoms with Crippen molar-refractivity contribution in [1.82, 2.24) is 9.97 Å². The van der Waals surface area contributed by atoms with E-state index in [1.807, 2.05) is 18.2 Å². The molecule has 0 atom stereocenters. The summed E-state index contributed by atoms with van der Waals surface area (Å²) in [5.74, 6) is 1.04. The third-order valence-corrected chi connectivity index (χ3v) is 4.69. The number of aromatic nitrogens is 2. The number of hydrogen-bond acceptors (Lipinski definition) is 6. The fourth-order valence-corrected chi connectivity index (χ4v) is 3.13. The van der Waals surface area contributed by atoms with Crippen LogP contribution in [0.4, 0.5) is 0 Å². The average Bonchev–Trinajstić information content (AvgIpc) is 2.72. The minimum absolute atomic E-state index is 0.0960. The number of phenols is 2. The molecule has 7 heteroatoms. The maximum atomic E-state index is 12.0. The summed E-state index contributed by atoms with van der Waals surface area (Å²) in [6.07, 6.45) is 2.58. The van der Waals surface area contributed by atoms with Crippen LogP contribution in [0.1, 0.15) is 22.5 Å². The second-order valence-electron chi connectivity index (χ2n) is 6.72. The van der Waals surface area contributed by atoms with E-state index in [0.717, 1.165) is 16.8 Å². The molecule has 0 aliphatic rings. The highest BCUT2D eigenvalue weighted by Gasteiger charge is 2.07. The van der Waals surface area contributed by atoms with Crippen LogP contribution in [0.25, 0.3) is 0 Å². The molecule has 7 nitrogen and oxygen atoms in total. The van der Waals surface area contributed by atoms with Crippen LogP contribution < -0.4 is 15.2 Å². The van der Waals surface area contributed by atoms with Gasteiger partial charge in [-0.1, -0.05) is 12.1 Å². The molecule has 2 aromatic carbocycles. The van der Waals surface area contributed by atoms with Crippen molar-refractivity contribution in [2.24, 2.45) is 0 Å². The van der Waals surface area contributed by atoms with Gasteiger partial charge in [0.1, 0.15) is 0 Å². The maximum absolute atomic E-state index is 12.0. The van der Waals surface area contributed by atoms with Crippen LogP contribution in [0.2, 0.25) is 0 Å². The zero-order valence-corrected chi connectivity index (χ0v) is 16.4. The Balaban J connectivity index is 1.67. The summed E-state index contributed by atoms with van der Waals surface area (Å²) in [6, 6.07) is 12.3. The Labute approximate surface area is 168 Å². The number of benzene rings is 2. The second kappa shape index (κ2) is 9.14. The highest BCUT2D eigenvalue weighted by molar-refractivity contribution is 5.42. The summed E-state index contributed by atoms with van der Waals surface area (Å²) in [7, 11) is 3.02. The molecule has 1 heterocycles. The molecule has 0 fully saturated rings. The minimum atomic E-state index is -0.371. The predicted molar refractivity (Wildman–Crippen MR) is 109 cm³/mol. The molecular weight excluding hydrogens is 372 g/mol. The summed E-state index contributed by atoms with van der Waals surface area (Å²) in [6.45, 7) is 0. The Morgan fingerprint density at radius 3 is 1.93 bits per heavy atom. The van der Waals surface area contributed by atoms with E-state index in [2.05, 4.69) is 9.97 Å². The van der Waals surface area contributed by atoms with Crippen molar-refractivity contribution in [3.05, 3.63) is 75.5 Å². The first-order valence-corrected chi connectivity index (χ1v) is 9.29. The Morgan fingerprint density at radius 1 is 0.828 bits per heavy atom. The zero-order chi connectivity index (χ0) is 20.8. The van der Waals surface area contributed by atoms with E-state index < -0.39 is 0 Å². The average molecular weight is 396 g/mol. The normalized spacial score (nSPS) is 10.7. The van der Waals surface area contributed by atoms with Crippen LogP contribution >= 0.6 is 0 Å². The van der Waals surface area contributed by atoms with E-state index in [4.69, 9.17) is 9.47 Å². The molecule has 0 bridgehead atoms. The van der Waals surface area contributed by atoms with E-state index in [-0.39, 0.29) is 17.2 Å². The fraction of sp³-hybridized carbons (Fsp3) is 0.273. The maximum Gasteiger partial charge on any atom is 0.345 e. The number of nitrogens with zero attached hydrogens (tertiary/aromatic N) is 1. The first kappa shape index (κ1) is 20.3. The van der Waals surface area contributed by atoms with Crippen molar-refractivity contribution >= 4 is 0 Å².